The summed E-state index contributed by atoms with van der Waals surface area (Å²) in [6.45, 7) is 3.56. The van der Waals surface area contributed by atoms with Crippen molar-refractivity contribution in [3.63, 3.8) is 0 Å². The maximum Gasteiger partial charge on any atom is 0.225 e. The van der Waals surface area contributed by atoms with E-state index in [1.165, 1.54) is 0 Å². The van der Waals surface area contributed by atoms with Crippen molar-refractivity contribution in [2.24, 2.45) is 5.92 Å². The van der Waals surface area contributed by atoms with E-state index in [0.29, 0.717) is 18.4 Å². The Hall–Kier alpha value is -1.72. The Kier molecular flexibility index (Phi) is 3.91. The Bertz CT molecular complexity index is 742. The van der Waals surface area contributed by atoms with Gasteiger partial charge in [-0.15, -0.1) is 11.3 Å². The molecule has 1 aromatic heterocycles. The highest BCUT2D eigenvalue weighted by Crippen LogP contribution is 2.31. The molecule has 2 fully saturated rings. The zero-order valence-electron chi connectivity index (χ0n) is 13.0. The lowest BCUT2D eigenvalue weighted by Gasteiger charge is -2.34. The van der Waals surface area contributed by atoms with E-state index in [9.17, 15) is 9.59 Å². The Morgan fingerprint density at radius 3 is 2.57 bits per heavy atom. The van der Waals surface area contributed by atoms with Crippen LogP contribution in [0.4, 0.5) is 0 Å². The molecule has 5 heteroatoms. The maximum absolute atomic E-state index is 12.6. The molecular formula is C18H20N2O2S. The molecule has 2 aliphatic rings. The molecule has 0 unspecified atom stereocenters. The number of amides is 1. The first kappa shape index (κ1) is 14.8. The third kappa shape index (κ3) is 3.03. The quantitative estimate of drug-likeness (QED) is 0.810. The highest BCUT2D eigenvalue weighted by molar-refractivity contribution is 7.17. The molecule has 1 saturated heterocycles. The number of piperazine rings is 1. The Labute approximate surface area is 139 Å². The lowest BCUT2D eigenvalue weighted by Crippen LogP contribution is -2.50. The van der Waals surface area contributed by atoms with Crippen LogP contribution in [-0.2, 0) is 4.79 Å². The van der Waals surface area contributed by atoms with E-state index in [1.807, 2.05) is 28.5 Å². The van der Waals surface area contributed by atoms with Crippen LogP contribution in [0, 0.1) is 5.92 Å². The summed E-state index contributed by atoms with van der Waals surface area (Å²) >= 11 is 1.63. The number of carbonyl (C=O) groups is 2. The SMILES string of the molecule is O=C(CN1CCN(C(=O)C2CC2)CC1)c1csc2ccccc12. The smallest absolute Gasteiger partial charge is 0.225 e. The van der Waals surface area contributed by atoms with Crippen LogP contribution >= 0.6 is 11.3 Å². The zero-order chi connectivity index (χ0) is 15.8. The fourth-order valence-corrected chi connectivity index (χ4v) is 4.16. The molecule has 0 N–H and O–H groups in total. The minimum absolute atomic E-state index is 0.185. The van der Waals surface area contributed by atoms with Gasteiger partial charge in [0.25, 0.3) is 0 Å². The predicted octanol–water partition coefficient (Wildman–Crippen LogP) is 2.64. The summed E-state index contributed by atoms with van der Waals surface area (Å²) in [4.78, 5) is 28.8. The molecular weight excluding hydrogens is 308 g/mol. The van der Waals surface area contributed by atoms with Gasteiger partial charge in [0.2, 0.25) is 5.91 Å². The fraction of sp³-hybridized carbons (Fsp3) is 0.444. The normalized spacial score (nSPS) is 19.2. The van der Waals surface area contributed by atoms with Gasteiger partial charge in [0.15, 0.2) is 5.78 Å². The zero-order valence-corrected chi connectivity index (χ0v) is 13.8. The molecule has 0 radical (unpaired) electrons. The topological polar surface area (TPSA) is 40.6 Å². The van der Waals surface area contributed by atoms with Gasteiger partial charge in [-0.05, 0) is 18.9 Å². The number of nitrogens with zero attached hydrogens (tertiary/aromatic N) is 2. The molecule has 1 aromatic carbocycles. The van der Waals surface area contributed by atoms with Gasteiger partial charge >= 0.3 is 0 Å². The number of benzene rings is 1. The average Bonchev–Trinajstić information content (AvgIpc) is 3.34. The molecule has 4 nitrogen and oxygen atoms in total. The highest BCUT2D eigenvalue weighted by atomic mass is 32.1. The van der Waals surface area contributed by atoms with Crippen LogP contribution in [0.2, 0.25) is 0 Å². The third-order valence-corrected chi connectivity index (χ3v) is 5.72. The first-order valence-electron chi connectivity index (χ1n) is 8.23. The number of fused-ring (bicyclic) bond motifs is 1. The lowest BCUT2D eigenvalue weighted by atomic mass is 10.1. The molecule has 120 valence electrons. The number of carbonyl (C=O) groups excluding carboxylic acids is 2. The molecule has 4 rings (SSSR count). The summed E-state index contributed by atoms with van der Waals surface area (Å²) in [6, 6.07) is 8.06. The van der Waals surface area contributed by atoms with E-state index < -0.39 is 0 Å². The summed E-state index contributed by atoms with van der Waals surface area (Å²) in [5.74, 6) is 0.796. The van der Waals surface area contributed by atoms with Crippen molar-refractivity contribution in [3.05, 3.63) is 35.2 Å². The van der Waals surface area contributed by atoms with E-state index in [0.717, 1.165) is 54.7 Å². The van der Waals surface area contributed by atoms with E-state index in [2.05, 4.69) is 11.0 Å². The Balaban J connectivity index is 1.37. The van der Waals surface area contributed by atoms with Crippen molar-refractivity contribution in [1.29, 1.82) is 0 Å². The maximum atomic E-state index is 12.6. The van der Waals surface area contributed by atoms with Crippen molar-refractivity contribution in [3.8, 4) is 0 Å². The standard InChI is InChI=1S/C18H20N2O2S/c21-16(15-12-23-17-4-2-1-3-14(15)17)11-19-7-9-20(10-8-19)18(22)13-5-6-13/h1-4,12-13H,5-11H2. The molecule has 2 heterocycles. The Morgan fingerprint density at radius 2 is 1.83 bits per heavy atom. The number of ketones is 1. The summed E-state index contributed by atoms with van der Waals surface area (Å²) in [6.07, 6.45) is 2.12. The largest absolute Gasteiger partial charge is 0.340 e. The van der Waals surface area contributed by atoms with Crippen LogP contribution in [0.25, 0.3) is 10.1 Å². The van der Waals surface area contributed by atoms with Gasteiger partial charge in [-0.2, -0.15) is 0 Å². The summed E-state index contributed by atoms with van der Waals surface area (Å²) < 4.78 is 1.16. The summed E-state index contributed by atoms with van der Waals surface area (Å²) in [5.41, 5.74) is 0.835. The molecule has 0 bridgehead atoms. The van der Waals surface area contributed by atoms with E-state index in [1.54, 1.807) is 11.3 Å². The van der Waals surface area contributed by atoms with Crippen LogP contribution in [-0.4, -0.2) is 54.2 Å². The number of rotatable bonds is 4. The first-order valence-corrected chi connectivity index (χ1v) is 9.11. The molecule has 1 aliphatic carbocycles. The number of Topliss-reactive ketones (excluding diaryl/α,β-unsaturated/α-hetero) is 1. The predicted molar refractivity (Wildman–Crippen MR) is 91.9 cm³/mol. The van der Waals surface area contributed by atoms with Gasteiger partial charge in [-0.25, -0.2) is 0 Å². The van der Waals surface area contributed by atoms with Gasteiger partial charge in [0, 0.05) is 53.1 Å². The average molecular weight is 328 g/mol. The molecule has 1 aliphatic heterocycles. The van der Waals surface area contributed by atoms with E-state index in [4.69, 9.17) is 0 Å². The van der Waals surface area contributed by atoms with Crippen LogP contribution in [0.1, 0.15) is 23.2 Å². The molecule has 2 aromatic rings. The summed E-state index contributed by atoms with van der Waals surface area (Å²) in [7, 11) is 0. The van der Waals surface area contributed by atoms with Crippen molar-refractivity contribution in [1.82, 2.24) is 9.80 Å². The number of hydrogen-bond acceptors (Lipinski definition) is 4. The third-order valence-electron chi connectivity index (χ3n) is 4.76. The van der Waals surface area contributed by atoms with E-state index >= 15 is 0 Å². The number of hydrogen-bond donors (Lipinski definition) is 0. The molecule has 23 heavy (non-hydrogen) atoms. The fourth-order valence-electron chi connectivity index (χ4n) is 3.20. The van der Waals surface area contributed by atoms with Crippen LogP contribution < -0.4 is 0 Å². The van der Waals surface area contributed by atoms with Crippen molar-refractivity contribution in [2.75, 3.05) is 32.7 Å². The first-order chi connectivity index (χ1) is 11.2. The minimum Gasteiger partial charge on any atom is -0.340 e. The second kappa shape index (κ2) is 6.06. The van der Waals surface area contributed by atoms with Crippen molar-refractivity contribution >= 4 is 33.1 Å². The molecule has 1 amide bonds. The van der Waals surface area contributed by atoms with Crippen molar-refractivity contribution in [2.45, 2.75) is 12.8 Å². The highest BCUT2D eigenvalue weighted by Gasteiger charge is 2.34. The van der Waals surface area contributed by atoms with Gasteiger partial charge < -0.3 is 4.90 Å². The Morgan fingerprint density at radius 1 is 1.09 bits per heavy atom. The minimum atomic E-state index is 0.185. The molecule has 1 saturated carbocycles. The summed E-state index contributed by atoms with van der Waals surface area (Å²) in [5, 5.41) is 3.03. The monoisotopic (exact) mass is 328 g/mol. The van der Waals surface area contributed by atoms with Gasteiger partial charge in [-0.3, -0.25) is 14.5 Å². The molecule has 0 spiro atoms. The van der Waals surface area contributed by atoms with Crippen LogP contribution in [0.5, 0.6) is 0 Å². The lowest BCUT2D eigenvalue weighted by molar-refractivity contribution is -0.134. The second-order valence-corrected chi connectivity index (χ2v) is 7.36. The van der Waals surface area contributed by atoms with Crippen LogP contribution in [0.3, 0.4) is 0 Å². The van der Waals surface area contributed by atoms with Crippen molar-refractivity contribution < 1.29 is 9.59 Å². The number of thiophene rings is 1. The van der Waals surface area contributed by atoms with Gasteiger partial charge in [-0.1, -0.05) is 18.2 Å². The molecule has 0 atom stereocenters. The van der Waals surface area contributed by atoms with Gasteiger partial charge in [0.05, 0.1) is 6.54 Å². The van der Waals surface area contributed by atoms with E-state index in [-0.39, 0.29) is 5.78 Å². The van der Waals surface area contributed by atoms with Gasteiger partial charge in [0.1, 0.15) is 0 Å². The van der Waals surface area contributed by atoms with Crippen LogP contribution in [0.15, 0.2) is 29.6 Å². The second-order valence-electron chi connectivity index (χ2n) is 6.44.